The molecule has 1 N–H and O–H groups in total. The Balaban J connectivity index is 3.38. The highest BCUT2D eigenvalue weighted by atomic mass is 16.4. The molecule has 0 saturated heterocycles. The third kappa shape index (κ3) is 3.19. The number of carbonyl (C=O) groups is 1. The summed E-state index contributed by atoms with van der Waals surface area (Å²) in [5.74, 6) is -0.847. The van der Waals surface area contributed by atoms with E-state index in [0.717, 1.165) is 16.7 Å². The molecule has 0 amide bonds. The lowest BCUT2D eigenvalue weighted by atomic mass is 9.84. The first-order valence-corrected chi connectivity index (χ1v) is 5.75. The maximum atomic E-state index is 11.3. The molecule has 2 nitrogen and oxygen atoms in total. The highest BCUT2D eigenvalue weighted by Gasteiger charge is 2.23. The largest absolute Gasteiger partial charge is 0.478 e. The lowest BCUT2D eigenvalue weighted by Gasteiger charge is -2.20. The van der Waals surface area contributed by atoms with E-state index in [1.54, 1.807) is 6.08 Å². The topological polar surface area (TPSA) is 37.3 Å². The number of rotatable bonds is 2. The number of carboxylic acids is 1. The maximum Gasteiger partial charge on any atom is 0.332 e. The molecule has 2 heteroatoms. The van der Waals surface area contributed by atoms with Gasteiger partial charge in [0.2, 0.25) is 0 Å². The van der Waals surface area contributed by atoms with Gasteiger partial charge >= 0.3 is 5.97 Å². The average Bonchev–Trinajstić information content (AvgIpc) is 2.14. The van der Waals surface area contributed by atoms with Crippen molar-refractivity contribution in [2.24, 2.45) is 5.41 Å². The van der Waals surface area contributed by atoms with E-state index < -0.39 is 5.97 Å². The molecule has 92 valence electrons. The fourth-order valence-corrected chi connectivity index (χ4v) is 1.80. The SMILES string of the molecule is Cc1cccc(C)c1C=C(C(=O)O)C(C)(C)C. The molecule has 0 bridgehead atoms. The second-order valence-corrected chi connectivity index (χ2v) is 5.42. The van der Waals surface area contributed by atoms with Gasteiger partial charge in [0, 0.05) is 5.57 Å². The number of benzene rings is 1. The zero-order chi connectivity index (χ0) is 13.2. The molecule has 1 aromatic rings. The third-order valence-corrected chi connectivity index (χ3v) is 2.87. The predicted octanol–water partition coefficient (Wildman–Crippen LogP) is 3.82. The maximum absolute atomic E-state index is 11.3. The van der Waals surface area contributed by atoms with Gasteiger partial charge in [-0.05, 0) is 42.0 Å². The summed E-state index contributed by atoms with van der Waals surface area (Å²) in [7, 11) is 0. The summed E-state index contributed by atoms with van der Waals surface area (Å²) in [6.07, 6.45) is 1.80. The Bertz CT molecular complexity index is 442. The smallest absolute Gasteiger partial charge is 0.332 e. The van der Waals surface area contributed by atoms with Crippen molar-refractivity contribution < 1.29 is 9.90 Å². The van der Waals surface area contributed by atoms with Crippen molar-refractivity contribution >= 4 is 12.0 Å². The average molecular weight is 232 g/mol. The molecule has 17 heavy (non-hydrogen) atoms. The van der Waals surface area contributed by atoms with Gasteiger partial charge in [0.05, 0.1) is 0 Å². The van der Waals surface area contributed by atoms with Crippen LogP contribution in [0.2, 0.25) is 0 Å². The predicted molar refractivity (Wildman–Crippen MR) is 71.0 cm³/mol. The number of hydrogen-bond acceptors (Lipinski definition) is 1. The lowest BCUT2D eigenvalue weighted by molar-refractivity contribution is -0.133. The second-order valence-electron chi connectivity index (χ2n) is 5.42. The number of aliphatic carboxylic acids is 1. The van der Waals surface area contributed by atoms with Crippen molar-refractivity contribution in [1.82, 2.24) is 0 Å². The molecule has 0 aliphatic rings. The van der Waals surface area contributed by atoms with Crippen molar-refractivity contribution in [1.29, 1.82) is 0 Å². The van der Waals surface area contributed by atoms with Crippen LogP contribution >= 0.6 is 0 Å². The highest BCUT2D eigenvalue weighted by Crippen LogP contribution is 2.29. The van der Waals surface area contributed by atoms with E-state index in [0.29, 0.717) is 5.57 Å². The van der Waals surface area contributed by atoms with Gasteiger partial charge < -0.3 is 5.11 Å². The van der Waals surface area contributed by atoms with Crippen molar-refractivity contribution in [2.75, 3.05) is 0 Å². The van der Waals surface area contributed by atoms with Crippen LogP contribution in [0.4, 0.5) is 0 Å². The highest BCUT2D eigenvalue weighted by molar-refractivity contribution is 5.94. The molecule has 0 saturated carbocycles. The molecule has 0 aliphatic carbocycles. The quantitative estimate of drug-likeness (QED) is 0.787. The van der Waals surface area contributed by atoms with Crippen molar-refractivity contribution in [3.05, 3.63) is 40.5 Å². The van der Waals surface area contributed by atoms with Crippen LogP contribution in [0.1, 0.15) is 37.5 Å². The van der Waals surface area contributed by atoms with Crippen LogP contribution in [0.3, 0.4) is 0 Å². The Morgan fingerprint density at radius 3 is 2.00 bits per heavy atom. The fraction of sp³-hybridized carbons (Fsp3) is 0.400. The molecule has 0 heterocycles. The van der Waals surface area contributed by atoms with Gasteiger partial charge in [-0.1, -0.05) is 39.0 Å². The van der Waals surface area contributed by atoms with Crippen LogP contribution < -0.4 is 0 Å². The molecule has 0 spiro atoms. The summed E-state index contributed by atoms with van der Waals surface area (Å²) in [4.78, 5) is 11.3. The van der Waals surface area contributed by atoms with E-state index >= 15 is 0 Å². The van der Waals surface area contributed by atoms with Crippen molar-refractivity contribution in [3.8, 4) is 0 Å². The first-order valence-electron chi connectivity index (χ1n) is 5.75. The molecule has 1 rings (SSSR count). The minimum Gasteiger partial charge on any atom is -0.478 e. The normalized spacial score (nSPS) is 12.6. The van der Waals surface area contributed by atoms with Crippen molar-refractivity contribution in [2.45, 2.75) is 34.6 Å². The molecule has 0 radical (unpaired) electrons. The van der Waals surface area contributed by atoms with Crippen LogP contribution in [-0.4, -0.2) is 11.1 Å². The molecule has 1 aromatic carbocycles. The molecular formula is C15H20O2. The molecule has 0 atom stereocenters. The monoisotopic (exact) mass is 232 g/mol. The summed E-state index contributed by atoms with van der Waals surface area (Å²) in [5, 5.41) is 9.28. The van der Waals surface area contributed by atoms with Crippen LogP contribution in [-0.2, 0) is 4.79 Å². The van der Waals surface area contributed by atoms with Crippen molar-refractivity contribution in [3.63, 3.8) is 0 Å². The van der Waals surface area contributed by atoms with Gasteiger partial charge in [0.1, 0.15) is 0 Å². The molecule has 0 aromatic heterocycles. The van der Waals surface area contributed by atoms with E-state index in [9.17, 15) is 9.90 Å². The Kier molecular flexibility index (Phi) is 3.76. The van der Waals surface area contributed by atoms with E-state index in [4.69, 9.17) is 0 Å². The van der Waals surface area contributed by atoms with E-state index in [2.05, 4.69) is 0 Å². The minimum absolute atomic E-state index is 0.361. The van der Waals surface area contributed by atoms with E-state index in [1.165, 1.54) is 0 Å². The van der Waals surface area contributed by atoms with E-state index in [1.807, 2.05) is 52.8 Å². The Hall–Kier alpha value is -1.57. The summed E-state index contributed by atoms with van der Waals surface area (Å²) in [6, 6.07) is 5.99. The standard InChI is InChI=1S/C15H20O2/c1-10-7-6-8-11(2)12(10)9-13(14(16)17)15(3,4)5/h6-9H,1-5H3,(H,16,17). The van der Waals surface area contributed by atoms with Gasteiger partial charge in [0.25, 0.3) is 0 Å². The zero-order valence-corrected chi connectivity index (χ0v) is 11.2. The number of hydrogen-bond donors (Lipinski definition) is 1. The summed E-state index contributed by atoms with van der Waals surface area (Å²) in [5.41, 5.74) is 3.30. The van der Waals surface area contributed by atoms with Crippen LogP contribution in [0.5, 0.6) is 0 Å². The Morgan fingerprint density at radius 1 is 1.18 bits per heavy atom. The molecule has 0 aliphatic heterocycles. The van der Waals surface area contributed by atoms with Crippen LogP contribution in [0, 0.1) is 19.3 Å². The molecule has 0 fully saturated rings. The summed E-state index contributed by atoms with van der Waals surface area (Å²) < 4.78 is 0. The lowest BCUT2D eigenvalue weighted by Crippen LogP contribution is -2.17. The van der Waals surface area contributed by atoms with Crippen LogP contribution in [0.15, 0.2) is 23.8 Å². The van der Waals surface area contributed by atoms with Gasteiger partial charge in [-0.25, -0.2) is 4.79 Å². The third-order valence-electron chi connectivity index (χ3n) is 2.87. The molecule has 0 unspecified atom stereocenters. The summed E-state index contributed by atoms with van der Waals surface area (Å²) in [6.45, 7) is 9.75. The van der Waals surface area contributed by atoms with Gasteiger partial charge in [0.15, 0.2) is 0 Å². The second kappa shape index (κ2) is 4.74. The van der Waals surface area contributed by atoms with Gasteiger partial charge in [-0.15, -0.1) is 0 Å². The minimum atomic E-state index is -0.847. The zero-order valence-electron chi connectivity index (χ0n) is 11.2. The van der Waals surface area contributed by atoms with Gasteiger partial charge in [-0.3, -0.25) is 0 Å². The van der Waals surface area contributed by atoms with Crippen LogP contribution in [0.25, 0.3) is 6.08 Å². The first-order chi connectivity index (χ1) is 7.73. The Labute approximate surface area is 103 Å². The first kappa shape index (κ1) is 13.5. The number of aryl methyl sites for hydroxylation is 2. The summed E-state index contributed by atoms with van der Waals surface area (Å²) >= 11 is 0. The molecular weight excluding hydrogens is 212 g/mol. The number of carboxylic acid groups (broad SMARTS) is 1. The fourth-order valence-electron chi connectivity index (χ4n) is 1.80. The Morgan fingerprint density at radius 2 is 1.65 bits per heavy atom. The van der Waals surface area contributed by atoms with Gasteiger partial charge in [-0.2, -0.15) is 0 Å². The van der Waals surface area contributed by atoms with E-state index in [-0.39, 0.29) is 5.41 Å².